The predicted molar refractivity (Wildman–Crippen MR) is 57.3 cm³/mol. The van der Waals surface area contributed by atoms with Crippen LogP contribution in [0.4, 0.5) is 0 Å². The summed E-state index contributed by atoms with van der Waals surface area (Å²) in [7, 11) is 0. The van der Waals surface area contributed by atoms with Gasteiger partial charge in [-0.05, 0) is 17.4 Å². The maximum Gasteiger partial charge on any atom is 0.127 e. The Hall–Kier alpha value is -0.760. The first-order valence-electron chi connectivity index (χ1n) is 4.46. The molecular formula is C11H14OS. The molecule has 0 saturated heterocycles. The standard InChI is InChI=1S/C11H14OS/c1-3-13-11-7-5-4-6-10(11)9(2)8-12/h4-9H,3H2,1-2H3. The number of carbonyl (C=O) groups excluding carboxylic acids is 1. The third-order valence-electron chi connectivity index (χ3n) is 1.91. The molecule has 0 heterocycles. The van der Waals surface area contributed by atoms with Gasteiger partial charge in [-0.3, -0.25) is 0 Å². The Morgan fingerprint density at radius 3 is 2.77 bits per heavy atom. The van der Waals surface area contributed by atoms with Crippen LogP contribution < -0.4 is 0 Å². The van der Waals surface area contributed by atoms with Crippen molar-refractivity contribution < 1.29 is 4.79 Å². The molecule has 0 radical (unpaired) electrons. The molecule has 1 aromatic carbocycles. The van der Waals surface area contributed by atoms with Crippen molar-refractivity contribution in [2.75, 3.05) is 5.75 Å². The van der Waals surface area contributed by atoms with Gasteiger partial charge in [0.25, 0.3) is 0 Å². The van der Waals surface area contributed by atoms with Gasteiger partial charge in [-0.15, -0.1) is 11.8 Å². The molecule has 1 atom stereocenters. The Morgan fingerprint density at radius 2 is 2.15 bits per heavy atom. The molecule has 70 valence electrons. The van der Waals surface area contributed by atoms with Crippen LogP contribution in [-0.4, -0.2) is 12.0 Å². The van der Waals surface area contributed by atoms with E-state index in [9.17, 15) is 4.79 Å². The SMILES string of the molecule is CCSc1ccccc1C(C)C=O. The molecule has 1 rings (SSSR count). The molecule has 1 aromatic rings. The zero-order valence-corrected chi connectivity index (χ0v) is 8.80. The fraction of sp³-hybridized carbons (Fsp3) is 0.364. The van der Waals surface area contributed by atoms with Gasteiger partial charge >= 0.3 is 0 Å². The van der Waals surface area contributed by atoms with E-state index < -0.39 is 0 Å². The third-order valence-corrected chi connectivity index (χ3v) is 2.89. The first-order valence-corrected chi connectivity index (χ1v) is 5.45. The number of hydrogen-bond acceptors (Lipinski definition) is 2. The summed E-state index contributed by atoms with van der Waals surface area (Å²) in [6.45, 7) is 4.05. The Kier molecular flexibility index (Phi) is 4.03. The van der Waals surface area contributed by atoms with Crippen molar-refractivity contribution >= 4 is 18.0 Å². The van der Waals surface area contributed by atoms with E-state index in [1.165, 1.54) is 4.90 Å². The Bertz CT molecular complexity index is 283. The van der Waals surface area contributed by atoms with Crippen molar-refractivity contribution in [3.8, 4) is 0 Å². The van der Waals surface area contributed by atoms with Gasteiger partial charge in [0.15, 0.2) is 0 Å². The summed E-state index contributed by atoms with van der Waals surface area (Å²) >= 11 is 1.79. The molecule has 1 nitrogen and oxygen atoms in total. The van der Waals surface area contributed by atoms with Crippen molar-refractivity contribution in [3.63, 3.8) is 0 Å². The van der Waals surface area contributed by atoms with E-state index in [0.717, 1.165) is 17.6 Å². The number of hydrogen-bond donors (Lipinski definition) is 0. The average Bonchev–Trinajstić information content (AvgIpc) is 2.18. The molecule has 0 amide bonds. The summed E-state index contributed by atoms with van der Waals surface area (Å²) in [5.74, 6) is 1.05. The van der Waals surface area contributed by atoms with Gasteiger partial charge in [0.1, 0.15) is 6.29 Å². The maximum atomic E-state index is 10.7. The summed E-state index contributed by atoms with van der Waals surface area (Å²) in [6, 6.07) is 8.09. The van der Waals surface area contributed by atoms with Crippen molar-refractivity contribution in [1.29, 1.82) is 0 Å². The third kappa shape index (κ3) is 2.59. The first kappa shape index (κ1) is 10.3. The lowest BCUT2D eigenvalue weighted by Gasteiger charge is -2.09. The normalized spacial score (nSPS) is 12.5. The fourth-order valence-electron chi connectivity index (χ4n) is 1.22. The molecule has 1 unspecified atom stereocenters. The minimum absolute atomic E-state index is 0.00949. The number of carbonyl (C=O) groups is 1. The van der Waals surface area contributed by atoms with Crippen LogP contribution in [0.2, 0.25) is 0 Å². The minimum Gasteiger partial charge on any atom is -0.303 e. The molecule has 0 N–H and O–H groups in total. The number of thioether (sulfide) groups is 1. The second kappa shape index (κ2) is 5.07. The van der Waals surface area contributed by atoms with Crippen LogP contribution in [0.1, 0.15) is 25.3 Å². The van der Waals surface area contributed by atoms with Crippen LogP contribution in [0, 0.1) is 0 Å². The highest BCUT2D eigenvalue weighted by Crippen LogP contribution is 2.27. The lowest BCUT2D eigenvalue weighted by atomic mass is 10.0. The number of aldehydes is 1. The Balaban J connectivity index is 2.96. The highest BCUT2D eigenvalue weighted by Gasteiger charge is 2.08. The van der Waals surface area contributed by atoms with Crippen LogP contribution >= 0.6 is 11.8 Å². The second-order valence-corrected chi connectivity index (χ2v) is 4.20. The van der Waals surface area contributed by atoms with Crippen molar-refractivity contribution in [1.82, 2.24) is 0 Å². The van der Waals surface area contributed by atoms with E-state index in [0.29, 0.717) is 0 Å². The molecule has 0 fully saturated rings. The van der Waals surface area contributed by atoms with Gasteiger partial charge in [-0.1, -0.05) is 32.0 Å². The average molecular weight is 194 g/mol. The Morgan fingerprint density at radius 1 is 1.46 bits per heavy atom. The number of rotatable bonds is 4. The molecule has 0 aliphatic carbocycles. The molecule has 0 aromatic heterocycles. The molecule has 0 aliphatic heterocycles. The van der Waals surface area contributed by atoms with Crippen LogP contribution in [0.15, 0.2) is 29.2 Å². The van der Waals surface area contributed by atoms with Gasteiger partial charge in [0, 0.05) is 10.8 Å². The molecule has 0 bridgehead atoms. The van der Waals surface area contributed by atoms with Crippen LogP contribution in [0.3, 0.4) is 0 Å². The van der Waals surface area contributed by atoms with Crippen molar-refractivity contribution in [2.45, 2.75) is 24.7 Å². The summed E-state index contributed by atoms with van der Waals surface area (Å²) in [4.78, 5) is 11.9. The van der Waals surface area contributed by atoms with E-state index in [2.05, 4.69) is 13.0 Å². The maximum absolute atomic E-state index is 10.7. The highest BCUT2D eigenvalue weighted by molar-refractivity contribution is 7.99. The van der Waals surface area contributed by atoms with Gasteiger partial charge in [-0.25, -0.2) is 0 Å². The van der Waals surface area contributed by atoms with Crippen LogP contribution in [0.25, 0.3) is 0 Å². The monoisotopic (exact) mass is 194 g/mol. The fourth-order valence-corrected chi connectivity index (χ4v) is 2.12. The topological polar surface area (TPSA) is 17.1 Å². The van der Waals surface area contributed by atoms with E-state index in [-0.39, 0.29) is 5.92 Å². The number of benzene rings is 1. The molecule has 0 saturated carbocycles. The van der Waals surface area contributed by atoms with E-state index >= 15 is 0 Å². The molecular weight excluding hydrogens is 180 g/mol. The predicted octanol–water partition coefficient (Wildman–Crippen LogP) is 3.10. The van der Waals surface area contributed by atoms with Crippen molar-refractivity contribution in [2.24, 2.45) is 0 Å². The highest BCUT2D eigenvalue weighted by atomic mass is 32.2. The lowest BCUT2D eigenvalue weighted by molar-refractivity contribution is -0.108. The zero-order valence-electron chi connectivity index (χ0n) is 7.99. The van der Waals surface area contributed by atoms with E-state index in [1.807, 2.05) is 25.1 Å². The molecule has 0 spiro atoms. The van der Waals surface area contributed by atoms with Gasteiger partial charge in [0.2, 0.25) is 0 Å². The summed E-state index contributed by atoms with van der Waals surface area (Å²) in [5, 5.41) is 0. The van der Waals surface area contributed by atoms with E-state index in [4.69, 9.17) is 0 Å². The minimum atomic E-state index is 0.00949. The molecule has 13 heavy (non-hydrogen) atoms. The first-order chi connectivity index (χ1) is 6.29. The largest absolute Gasteiger partial charge is 0.303 e. The zero-order chi connectivity index (χ0) is 9.68. The summed E-state index contributed by atoms with van der Waals surface area (Å²) in [6.07, 6.45) is 0.995. The molecule has 2 heteroatoms. The smallest absolute Gasteiger partial charge is 0.127 e. The van der Waals surface area contributed by atoms with Gasteiger partial charge < -0.3 is 4.79 Å². The van der Waals surface area contributed by atoms with Crippen LogP contribution in [-0.2, 0) is 4.79 Å². The summed E-state index contributed by atoms with van der Waals surface area (Å²) in [5.41, 5.74) is 1.14. The quantitative estimate of drug-likeness (QED) is 0.541. The van der Waals surface area contributed by atoms with Gasteiger partial charge in [0.05, 0.1) is 0 Å². The van der Waals surface area contributed by atoms with Crippen LogP contribution in [0.5, 0.6) is 0 Å². The van der Waals surface area contributed by atoms with Gasteiger partial charge in [-0.2, -0.15) is 0 Å². The van der Waals surface area contributed by atoms with E-state index in [1.54, 1.807) is 11.8 Å². The second-order valence-electron chi connectivity index (χ2n) is 2.90. The molecule has 0 aliphatic rings. The Labute approximate surface area is 83.5 Å². The summed E-state index contributed by atoms with van der Waals surface area (Å²) < 4.78 is 0. The van der Waals surface area contributed by atoms with Crippen molar-refractivity contribution in [3.05, 3.63) is 29.8 Å². The lowest BCUT2D eigenvalue weighted by Crippen LogP contribution is -1.96.